The average Bonchev–Trinajstić information content (AvgIpc) is 2.78. The van der Waals surface area contributed by atoms with Crippen molar-refractivity contribution in [1.82, 2.24) is 0 Å². The topological polar surface area (TPSA) is 38.3 Å². The number of alkyl halides is 6. The second kappa shape index (κ2) is 5.65. The second-order valence-corrected chi connectivity index (χ2v) is 5.88. The summed E-state index contributed by atoms with van der Waals surface area (Å²) in [7, 11) is 0. The van der Waals surface area contributed by atoms with E-state index in [1.54, 1.807) is 0 Å². The molecule has 3 rings (SSSR count). The van der Waals surface area contributed by atoms with Crippen molar-refractivity contribution in [2.24, 2.45) is 0 Å². The molecule has 0 aromatic heterocycles. The Kier molecular flexibility index (Phi) is 3.93. The Balaban J connectivity index is 2.06. The molecule has 0 aliphatic carbocycles. The van der Waals surface area contributed by atoms with E-state index in [1.165, 1.54) is 31.2 Å². The van der Waals surface area contributed by atoms with Crippen molar-refractivity contribution in [3.05, 3.63) is 59.2 Å². The number of hydrogen-bond donors (Lipinski definition) is 1. The van der Waals surface area contributed by atoms with Gasteiger partial charge in [0, 0.05) is 0 Å². The van der Waals surface area contributed by atoms with Crippen molar-refractivity contribution in [2.75, 3.05) is 5.32 Å². The second-order valence-electron chi connectivity index (χ2n) is 5.88. The number of fused-ring (bicyclic) bond motifs is 1. The summed E-state index contributed by atoms with van der Waals surface area (Å²) in [6.45, 7) is 1.41. The molecule has 0 spiro atoms. The van der Waals surface area contributed by atoms with Gasteiger partial charge >= 0.3 is 12.5 Å². The number of amides is 1. The molecule has 3 nitrogen and oxygen atoms in total. The maximum atomic E-state index is 13.2. The number of anilines is 1. The van der Waals surface area contributed by atoms with Gasteiger partial charge in [0.1, 0.15) is 5.75 Å². The monoisotopic (exact) mass is 375 g/mol. The third kappa shape index (κ3) is 2.97. The first-order chi connectivity index (χ1) is 11.9. The Morgan fingerprint density at radius 3 is 2.12 bits per heavy atom. The zero-order valence-electron chi connectivity index (χ0n) is 13.1. The zero-order chi connectivity index (χ0) is 19.3. The predicted molar refractivity (Wildman–Crippen MR) is 79.7 cm³/mol. The van der Waals surface area contributed by atoms with Gasteiger partial charge in [-0.3, -0.25) is 4.79 Å². The number of carbonyl (C=O) groups excluding carboxylic acids is 1. The molecular formula is C17H11F6NO2. The molecular weight excluding hydrogens is 364 g/mol. The van der Waals surface area contributed by atoms with E-state index in [9.17, 15) is 31.1 Å². The zero-order valence-corrected chi connectivity index (χ0v) is 13.1. The van der Waals surface area contributed by atoms with Crippen molar-refractivity contribution in [1.29, 1.82) is 0 Å². The fourth-order valence-electron chi connectivity index (χ4n) is 2.98. The summed E-state index contributed by atoms with van der Waals surface area (Å²) in [5, 5.41) is 2.24. The predicted octanol–water partition coefficient (Wildman–Crippen LogP) is 4.86. The summed E-state index contributed by atoms with van der Waals surface area (Å²) in [4.78, 5) is 12.5. The lowest BCUT2D eigenvalue weighted by Gasteiger charge is -2.23. The van der Waals surface area contributed by atoms with E-state index in [0.717, 1.165) is 18.2 Å². The normalized spacial score (nSPS) is 19.9. The molecule has 26 heavy (non-hydrogen) atoms. The fraction of sp³-hybridized carbons (Fsp3) is 0.235. The van der Waals surface area contributed by atoms with E-state index in [0.29, 0.717) is 0 Å². The lowest BCUT2D eigenvalue weighted by molar-refractivity contribution is -0.274. The summed E-state index contributed by atoms with van der Waals surface area (Å²) in [6.07, 6.45) is -9.53. The molecule has 1 amide bonds. The van der Waals surface area contributed by atoms with Gasteiger partial charge < -0.3 is 10.1 Å². The summed E-state index contributed by atoms with van der Waals surface area (Å²) in [5.41, 5.74) is -2.47. The van der Waals surface area contributed by atoms with Gasteiger partial charge in [0.15, 0.2) is 0 Å². The van der Waals surface area contributed by atoms with E-state index in [1.807, 2.05) is 0 Å². The van der Waals surface area contributed by atoms with Crippen LogP contribution < -0.4 is 10.1 Å². The van der Waals surface area contributed by atoms with Crippen LogP contribution in [0.3, 0.4) is 0 Å². The molecule has 0 bridgehead atoms. The van der Waals surface area contributed by atoms with Crippen molar-refractivity contribution < 1.29 is 35.9 Å². The molecule has 1 N–H and O–H groups in total. The van der Waals surface area contributed by atoms with Crippen LogP contribution >= 0.6 is 0 Å². The highest BCUT2D eigenvalue weighted by Crippen LogP contribution is 2.48. The maximum absolute atomic E-state index is 13.2. The molecule has 0 radical (unpaired) electrons. The molecule has 1 heterocycles. The Hall–Kier alpha value is -2.71. The molecule has 9 heteroatoms. The van der Waals surface area contributed by atoms with E-state index in [2.05, 4.69) is 10.1 Å². The third-order valence-corrected chi connectivity index (χ3v) is 4.27. The molecule has 1 aliphatic rings. The lowest BCUT2D eigenvalue weighted by Crippen LogP contribution is -2.32. The molecule has 0 saturated heterocycles. The molecule has 0 saturated carbocycles. The van der Waals surface area contributed by atoms with Crippen molar-refractivity contribution in [2.45, 2.75) is 24.9 Å². The van der Waals surface area contributed by atoms with Gasteiger partial charge in [0.25, 0.3) is 0 Å². The summed E-state index contributed by atoms with van der Waals surface area (Å²) in [5.74, 6) is -1.19. The van der Waals surface area contributed by atoms with Crippen molar-refractivity contribution in [3.63, 3.8) is 0 Å². The quantitative estimate of drug-likeness (QED) is 0.762. The van der Waals surface area contributed by atoms with Crippen LogP contribution in [0.4, 0.5) is 32.0 Å². The number of halogens is 6. The molecule has 138 valence electrons. The average molecular weight is 375 g/mol. The van der Waals surface area contributed by atoms with Crippen molar-refractivity contribution in [3.8, 4) is 5.75 Å². The Labute approximate surface area is 143 Å². The molecule has 1 atom stereocenters. The highest BCUT2D eigenvalue weighted by atomic mass is 19.4. The lowest BCUT2D eigenvalue weighted by atomic mass is 9.77. The highest BCUT2D eigenvalue weighted by molar-refractivity contribution is 6.09. The Morgan fingerprint density at radius 1 is 0.962 bits per heavy atom. The van der Waals surface area contributed by atoms with Gasteiger partial charge in [-0.25, -0.2) is 0 Å². The first kappa shape index (κ1) is 18.1. The fourth-order valence-corrected chi connectivity index (χ4v) is 2.98. The van der Waals surface area contributed by atoms with Gasteiger partial charge in [-0.05, 0) is 36.2 Å². The minimum atomic E-state index is -4.87. The minimum Gasteiger partial charge on any atom is -0.406 e. The summed E-state index contributed by atoms with van der Waals surface area (Å²) in [6, 6.07) is 7.86. The van der Waals surface area contributed by atoms with Crippen LogP contribution in [0.2, 0.25) is 0 Å². The minimum absolute atomic E-state index is 0.0989. The number of carbonyl (C=O) groups is 1. The third-order valence-electron chi connectivity index (χ3n) is 4.27. The first-order valence-corrected chi connectivity index (χ1v) is 7.31. The van der Waals surface area contributed by atoms with Crippen LogP contribution in [0.25, 0.3) is 0 Å². The number of benzene rings is 2. The summed E-state index contributed by atoms with van der Waals surface area (Å²) >= 11 is 0. The molecule has 0 fully saturated rings. The maximum Gasteiger partial charge on any atom is 0.573 e. The van der Waals surface area contributed by atoms with Crippen molar-refractivity contribution >= 4 is 11.6 Å². The smallest absolute Gasteiger partial charge is 0.406 e. The Morgan fingerprint density at radius 2 is 1.58 bits per heavy atom. The van der Waals surface area contributed by atoms with Crippen LogP contribution in [0.15, 0.2) is 42.5 Å². The first-order valence-electron chi connectivity index (χ1n) is 7.31. The van der Waals surface area contributed by atoms with Gasteiger partial charge in [0.2, 0.25) is 5.91 Å². The van der Waals surface area contributed by atoms with Crippen LogP contribution in [0.1, 0.15) is 23.6 Å². The van der Waals surface area contributed by atoms with E-state index in [-0.39, 0.29) is 16.8 Å². The van der Waals surface area contributed by atoms with Gasteiger partial charge in [-0.1, -0.05) is 24.3 Å². The number of rotatable bonds is 2. The van der Waals surface area contributed by atoms with Crippen LogP contribution in [0.5, 0.6) is 5.75 Å². The van der Waals surface area contributed by atoms with Gasteiger partial charge in [-0.15, -0.1) is 13.2 Å². The Bertz CT molecular complexity index is 857. The largest absolute Gasteiger partial charge is 0.573 e. The molecule has 2 aromatic carbocycles. The number of nitrogens with one attached hydrogen (secondary N) is 1. The standard InChI is InChI=1S/C17H11F6NO2/c1-15(9-5-7-10(8-6-9)26-17(21,22)23)11-3-2-4-12(16(18,19)20)13(11)24-14(15)25/h2-8H,1H3,(H,24,25). The SMILES string of the molecule is CC1(c2ccc(OC(F)(F)F)cc2)C(=O)Nc2c(C(F)(F)F)cccc21. The van der Waals surface area contributed by atoms with Crippen LogP contribution in [-0.4, -0.2) is 12.3 Å². The van der Waals surface area contributed by atoms with Crippen LogP contribution in [0, 0.1) is 0 Å². The number of ether oxygens (including phenoxy) is 1. The van der Waals surface area contributed by atoms with Gasteiger partial charge in [0.05, 0.1) is 16.7 Å². The molecule has 1 unspecified atom stereocenters. The molecule has 2 aromatic rings. The summed E-state index contributed by atoms with van der Waals surface area (Å²) < 4.78 is 80.0. The highest BCUT2D eigenvalue weighted by Gasteiger charge is 2.48. The van der Waals surface area contributed by atoms with E-state index < -0.39 is 35.2 Å². The number of para-hydroxylation sites is 1. The molecule has 1 aliphatic heterocycles. The van der Waals surface area contributed by atoms with E-state index in [4.69, 9.17) is 0 Å². The van der Waals surface area contributed by atoms with Gasteiger partial charge in [-0.2, -0.15) is 13.2 Å². The number of hydrogen-bond acceptors (Lipinski definition) is 2. The van der Waals surface area contributed by atoms with Crippen LogP contribution in [-0.2, 0) is 16.4 Å². The van der Waals surface area contributed by atoms with E-state index >= 15 is 0 Å².